The summed E-state index contributed by atoms with van der Waals surface area (Å²) in [6, 6.07) is 3.23. The number of aromatic nitrogens is 1. The monoisotopic (exact) mass is 262 g/mol. The van der Waals surface area contributed by atoms with Crippen LogP contribution in [0.15, 0.2) is 23.1 Å². The van der Waals surface area contributed by atoms with Crippen molar-refractivity contribution >= 4 is 5.91 Å². The number of carbonyl (C=O) groups excluding carboxylic acids is 1. The van der Waals surface area contributed by atoms with Crippen molar-refractivity contribution in [2.75, 3.05) is 0 Å². The largest absolute Gasteiger partial charge is 0.349 e. The lowest BCUT2D eigenvalue weighted by molar-refractivity contribution is 0.0920. The van der Waals surface area contributed by atoms with Gasteiger partial charge in [-0.25, -0.2) is 0 Å². The van der Waals surface area contributed by atoms with Gasteiger partial charge in [0.15, 0.2) is 0 Å². The molecule has 1 heterocycles. The number of hydrogen-bond acceptors (Lipinski definition) is 2. The number of amides is 1. The fourth-order valence-corrected chi connectivity index (χ4v) is 2.82. The SMILES string of the molecule is CCCC1CCC(NC(=O)c2ccc(=O)[nH]c2)CC1. The lowest BCUT2D eigenvalue weighted by Gasteiger charge is -2.28. The van der Waals surface area contributed by atoms with Gasteiger partial charge in [0, 0.05) is 18.3 Å². The molecule has 1 aliphatic rings. The third-order valence-electron chi connectivity index (χ3n) is 3.93. The first-order valence-corrected chi connectivity index (χ1v) is 7.18. The Morgan fingerprint density at radius 1 is 1.32 bits per heavy atom. The highest BCUT2D eigenvalue weighted by Gasteiger charge is 2.22. The van der Waals surface area contributed by atoms with Crippen molar-refractivity contribution in [2.45, 2.75) is 51.5 Å². The average molecular weight is 262 g/mol. The summed E-state index contributed by atoms with van der Waals surface area (Å²) < 4.78 is 0. The molecule has 0 radical (unpaired) electrons. The van der Waals surface area contributed by atoms with E-state index in [4.69, 9.17) is 0 Å². The quantitative estimate of drug-likeness (QED) is 0.875. The predicted octanol–water partition coefficient (Wildman–Crippen LogP) is 2.46. The van der Waals surface area contributed by atoms with Crippen LogP contribution in [0, 0.1) is 5.92 Å². The molecule has 0 bridgehead atoms. The lowest BCUT2D eigenvalue weighted by Crippen LogP contribution is -2.37. The van der Waals surface area contributed by atoms with Crippen LogP contribution in [0.1, 0.15) is 55.8 Å². The summed E-state index contributed by atoms with van der Waals surface area (Å²) >= 11 is 0. The topological polar surface area (TPSA) is 62.0 Å². The Hall–Kier alpha value is -1.58. The molecule has 1 saturated carbocycles. The van der Waals surface area contributed by atoms with Crippen molar-refractivity contribution in [3.8, 4) is 0 Å². The molecular weight excluding hydrogens is 240 g/mol. The minimum Gasteiger partial charge on any atom is -0.349 e. The zero-order valence-corrected chi connectivity index (χ0v) is 11.4. The first-order chi connectivity index (χ1) is 9.19. The zero-order chi connectivity index (χ0) is 13.7. The number of carbonyl (C=O) groups is 1. The second-order valence-corrected chi connectivity index (χ2v) is 5.42. The maximum Gasteiger partial charge on any atom is 0.252 e. The normalized spacial score (nSPS) is 23.0. The van der Waals surface area contributed by atoms with Crippen LogP contribution >= 0.6 is 0 Å². The molecule has 1 aromatic rings. The number of rotatable bonds is 4. The number of H-pyrrole nitrogens is 1. The van der Waals surface area contributed by atoms with Crippen LogP contribution in [0.3, 0.4) is 0 Å². The molecule has 0 spiro atoms. The molecule has 0 unspecified atom stereocenters. The van der Waals surface area contributed by atoms with Gasteiger partial charge < -0.3 is 10.3 Å². The molecule has 0 aromatic carbocycles. The van der Waals surface area contributed by atoms with Crippen molar-refractivity contribution < 1.29 is 4.79 Å². The van der Waals surface area contributed by atoms with E-state index in [0.717, 1.165) is 18.8 Å². The van der Waals surface area contributed by atoms with E-state index in [9.17, 15) is 9.59 Å². The highest BCUT2D eigenvalue weighted by molar-refractivity contribution is 5.93. The Labute approximate surface area is 113 Å². The van der Waals surface area contributed by atoms with E-state index in [1.54, 1.807) is 6.07 Å². The Kier molecular flexibility index (Phi) is 4.77. The van der Waals surface area contributed by atoms with Gasteiger partial charge in [-0.05, 0) is 37.7 Å². The standard InChI is InChI=1S/C15H22N2O2/c1-2-3-11-4-7-13(8-5-11)17-15(19)12-6-9-14(18)16-10-12/h6,9-11,13H,2-5,7-8H2,1H3,(H,16,18)(H,17,19). The first-order valence-electron chi connectivity index (χ1n) is 7.18. The summed E-state index contributed by atoms with van der Waals surface area (Å²) in [4.78, 5) is 25.5. The molecule has 1 aromatic heterocycles. The summed E-state index contributed by atoms with van der Waals surface area (Å²) in [6.45, 7) is 2.23. The second kappa shape index (κ2) is 6.55. The molecule has 1 aliphatic carbocycles. The average Bonchev–Trinajstić information content (AvgIpc) is 2.42. The first kappa shape index (κ1) is 13.8. The Bertz CT molecular complexity index is 453. The summed E-state index contributed by atoms with van der Waals surface area (Å²) in [5, 5.41) is 3.06. The summed E-state index contributed by atoms with van der Waals surface area (Å²) in [6.07, 6.45) is 8.59. The molecule has 0 atom stereocenters. The fraction of sp³-hybridized carbons (Fsp3) is 0.600. The minimum absolute atomic E-state index is 0.0878. The highest BCUT2D eigenvalue weighted by Crippen LogP contribution is 2.27. The van der Waals surface area contributed by atoms with Crippen LogP contribution in [-0.2, 0) is 0 Å². The molecular formula is C15H22N2O2. The van der Waals surface area contributed by atoms with Gasteiger partial charge in [-0.2, -0.15) is 0 Å². The van der Waals surface area contributed by atoms with E-state index < -0.39 is 0 Å². The number of aromatic amines is 1. The van der Waals surface area contributed by atoms with Crippen LogP contribution in [0.4, 0.5) is 0 Å². The third kappa shape index (κ3) is 3.94. The smallest absolute Gasteiger partial charge is 0.252 e. The Morgan fingerprint density at radius 2 is 2.05 bits per heavy atom. The van der Waals surface area contributed by atoms with E-state index in [1.807, 2.05) is 0 Å². The van der Waals surface area contributed by atoms with Crippen molar-refractivity contribution in [2.24, 2.45) is 5.92 Å². The van der Waals surface area contributed by atoms with Crippen LogP contribution in [0.5, 0.6) is 0 Å². The van der Waals surface area contributed by atoms with Crippen LogP contribution < -0.4 is 10.9 Å². The van der Waals surface area contributed by atoms with Crippen LogP contribution in [0.2, 0.25) is 0 Å². The van der Waals surface area contributed by atoms with Gasteiger partial charge in [-0.1, -0.05) is 19.8 Å². The Balaban J connectivity index is 1.83. The van der Waals surface area contributed by atoms with Crippen molar-refractivity contribution in [1.29, 1.82) is 0 Å². The molecule has 2 N–H and O–H groups in total. The fourth-order valence-electron chi connectivity index (χ4n) is 2.82. The highest BCUT2D eigenvalue weighted by atomic mass is 16.2. The second-order valence-electron chi connectivity index (χ2n) is 5.42. The number of pyridine rings is 1. The molecule has 2 rings (SSSR count). The summed E-state index contributed by atoms with van der Waals surface area (Å²) in [5.41, 5.74) is 0.340. The molecule has 4 nitrogen and oxygen atoms in total. The minimum atomic E-state index is -0.184. The number of nitrogens with one attached hydrogen (secondary N) is 2. The Morgan fingerprint density at radius 3 is 2.63 bits per heavy atom. The van der Waals surface area contributed by atoms with Crippen molar-refractivity contribution in [3.05, 3.63) is 34.2 Å². The van der Waals surface area contributed by atoms with Gasteiger partial charge in [0.2, 0.25) is 5.56 Å². The van der Waals surface area contributed by atoms with Gasteiger partial charge in [0.05, 0.1) is 5.56 Å². The van der Waals surface area contributed by atoms with E-state index >= 15 is 0 Å². The van der Waals surface area contributed by atoms with E-state index in [2.05, 4.69) is 17.2 Å². The maximum absolute atomic E-state index is 12.0. The molecule has 0 saturated heterocycles. The van der Waals surface area contributed by atoms with E-state index in [-0.39, 0.29) is 17.5 Å². The van der Waals surface area contributed by atoms with E-state index in [1.165, 1.54) is 37.9 Å². The summed E-state index contributed by atoms with van der Waals surface area (Å²) in [7, 11) is 0. The maximum atomic E-state index is 12.0. The molecule has 1 fully saturated rings. The van der Waals surface area contributed by atoms with Gasteiger partial charge >= 0.3 is 0 Å². The van der Waals surface area contributed by atoms with Crippen LogP contribution in [-0.4, -0.2) is 16.9 Å². The van der Waals surface area contributed by atoms with E-state index in [0.29, 0.717) is 5.56 Å². The third-order valence-corrected chi connectivity index (χ3v) is 3.93. The molecule has 1 amide bonds. The molecule has 104 valence electrons. The van der Waals surface area contributed by atoms with Gasteiger partial charge in [-0.3, -0.25) is 9.59 Å². The molecule has 4 heteroatoms. The predicted molar refractivity (Wildman–Crippen MR) is 75.2 cm³/mol. The van der Waals surface area contributed by atoms with Crippen LogP contribution in [0.25, 0.3) is 0 Å². The van der Waals surface area contributed by atoms with Crippen molar-refractivity contribution in [3.63, 3.8) is 0 Å². The summed E-state index contributed by atoms with van der Waals surface area (Å²) in [5.74, 6) is 0.751. The van der Waals surface area contributed by atoms with Gasteiger partial charge in [0.25, 0.3) is 5.91 Å². The van der Waals surface area contributed by atoms with Crippen molar-refractivity contribution in [1.82, 2.24) is 10.3 Å². The molecule has 0 aliphatic heterocycles. The van der Waals surface area contributed by atoms with Gasteiger partial charge in [-0.15, -0.1) is 0 Å². The molecule has 19 heavy (non-hydrogen) atoms. The lowest BCUT2D eigenvalue weighted by atomic mass is 9.83. The number of hydrogen-bond donors (Lipinski definition) is 2. The zero-order valence-electron chi connectivity index (χ0n) is 11.4. The van der Waals surface area contributed by atoms with Gasteiger partial charge in [0.1, 0.15) is 0 Å².